The topological polar surface area (TPSA) is 95.6 Å². The highest BCUT2D eigenvalue weighted by atomic mass is 35.5. The number of rotatable bonds is 6. The van der Waals surface area contributed by atoms with Crippen LogP contribution >= 0.6 is 23.2 Å². The molecule has 0 saturated carbocycles. The van der Waals surface area contributed by atoms with Gasteiger partial charge in [-0.3, -0.25) is 0 Å². The van der Waals surface area contributed by atoms with Crippen LogP contribution in [0.2, 0.25) is 10.0 Å². The van der Waals surface area contributed by atoms with Crippen LogP contribution in [0, 0.1) is 11.5 Å². The van der Waals surface area contributed by atoms with E-state index >= 15 is 0 Å². The van der Waals surface area contributed by atoms with Gasteiger partial charge in [0.15, 0.2) is 5.69 Å². The Balaban J connectivity index is 1.77. The normalized spacial score (nSPS) is 11.5. The van der Waals surface area contributed by atoms with Crippen molar-refractivity contribution in [2.45, 2.75) is 13.5 Å². The van der Waals surface area contributed by atoms with Gasteiger partial charge in [-0.2, -0.15) is 5.10 Å². The molecule has 0 aliphatic carbocycles. The lowest BCUT2D eigenvalue weighted by molar-refractivity contribution is 0.0516. The Morgan fingerprint density at radius 1 is 1.14 bits per heavy atom. The zero-order chi connectivity index (χ0) is 26.1. The fourth-order valence-electron chi connectivity index (χ4n) is 4.27. The quantitative estimate of drug-likeness (QED) is 0.206. The first-order valence-electron chi connectivity index (χ1n) is 11.2. The molecule has 10 heteroatoms. The summed E-state index contributed by atoms with van der Waals surface area (Å²) in [4.78, 5) is 12.8. The molecule has 1 aliphatic rings. The van der Waals surface area contributed by atoms with Gasteiger partial charge in [-0.05, 0) is 48.9 Å². The van der Waals surface area contributed by atoms with Crippen LogP contribution in [0.3, 0.4) is 0 Å². The molecule has 0 bridgehead atoms. The maximum atomic E-state index is 12.8. The van der Waals surface area contributed by atoms with Gasteiger partial charge >= 0.3 is 5.97 Å². The average molecular weight is 536 g/mol. The van der Waals surface area contributed by atoms with Crippen LogP contribution in [-0.4, -0.2) is 29.5 Å². The molecule has 186 valence electrons. The van der Waals surface area contributed by atoms with Gasteiger partial charge < -0.3 is 18.9 Å². The standard InChI is InChI=1S/C27H19Cl2N3O5/c1-3-35-27(33)25-22-13-36-24-12-23(34-2)20(15-5-4-6-19(7-15)37-14-30)11-21(24)26(22)32(31-25)18-9-16(28)8-17(29)10-18/h4-12H,3,13H2,1-2H3. The lowest BCUT2D eigenvalue weighted by Gasteiger charge is -2.22. The summed E-state index contributed by atoms with van der Waals surface area (Å²) in [7, 11) is 1.56. The number of aromatic nitrogens is 2. The number of halogens is 2. The van der Waals surface area contributed by atoms with Gasteiger partial charge in [-0.1, -0.05) is 35.3 Å². The summed E-state index contributed by atoms with van der Waals surface area (Å²) in [5, 5.41) is 14.4. The highest BCUT2D eigenvalue weighted by molar-refractivity contribution is 6.34. The van der Waals surface area contributed by atoms with Gasteiger partial charge in [0, 0.05) is 27.2 Å². The first kappa shape index (κ1) is 24.5. The Hall–Kier alpha value is -4.19. The molecule has 0 saturated heterocycles. The lowest BCUT2D eigenvalue weighted by atomic mass is 9.96. The summed E-state index contributed by atoms with van der Waals surface area (Å²) in [5.41, 5.74) is 4.05. The number of carbonyl (C=O) groups excluding carboxylic acids is 1. The van der Waals surface area contributed by atoms with E-state index in [0.717, 1.165) is 11.1 Å². The Bertz CT molecular complexity index is 1550. The molecular weight excluding hydrogens is 517 g/mol. The van der Waals surface area contributed by atoms with Crippen molar-refractivity contribution < 1.29 is 23.7 Å². The molecule has 5 rings (SSSR count). The minimum Gasteiger partial charge on any atom is -0.496 e. The van der Waals surface area contributed by atoms with Crippen LogP contribution < -0.4 is 14.2 Å². The zero-order valence-electron chi connectivity index (χ0n) is 19.7. The van der Waals surface area contributed by atoms with Crippen molar-refractivity contribution in [1.82, 2.24) is 9.78 Å². The minimum absolute atomic E-state index is 0.0960. The second-order valence-corrected chi connectivity index (χ2v) is 8.87. The number of hydrogen-bond acceptors (Lipinski definition) is 7. The summed E-state index contributed by atoms with van der Waals surface area (Å²) >= 11 is 12.6. The third-order valence-corrected chi connectivity index (χ3v) is 6.22. The molecule has 0 radical (unpaired) electrons. The highest BCUT2D eigenvalue weighted by Gasteiger charge is 2.32. The van der Waals surface area contributed by atoms with Gasteiger partial charge in [0.25, 0.3) is 6.26 Å². The van der Waals surface area contributed by atoms with E-state index in [0.29, 0.717) is 49.8 Å². The fraction of sp³-hybridized carbons (Fsp3) is 0.148. The summed E-state index contributed by atoms with van der Waals surface area (Å²) in [5.74, 6) is 0.925. The van der Waals surface area contributed by atoms with Gasteiger partial charge in [0.1, 0.15) is 23.9 Å². The van der Waals surface area contributed by atoms with E-state index in [1.165, 1.54) is 0 Å². The van der Waals surface area contributed by atoms with Crippen molar-refractivity contribution in [1.29, 1.82) is 5.26 Å². The zero-order valence-corrected chi connectivity index (χ0v) is 21.3. The van der Waals surface area contributed by atoms with E-state index in [4.69, 9.17) is 47.4 Å². The molecular formula is C27H19Cl2N3O5. The number of methoxy groups -OCH3 is 1. The average Bonchev–Trinajstić information content (AvgIpc) is 3.28. The second-order valence-electron chi connectivity index (χ2n) is 7.99. The molecule has 0 atom stereocenters. The Labute approximate surface area is 222 Å². The molecule has 3 aromatic carbocycles. The molecule has 0 fully saturated rings. The summed E-state index contributed by atoms with van der Waals surface area (Å²) in [6.45, 7) is 2.02. The van der Waals surface area contributed by atoms with Gasteiger partial charge in [-0.25, -0.2) is 9.48 Å². The van der Waals surface area contributed by atoms with Crippen LogP contribution in [0.1, 0.15) is 23.0 Å². The summed E-state index contributed by atoms with van der Waals surface area (Å²) in [6, 6.07) is 15.8. The number of ether oxygens (including phenoxy) is 4. The van der Waals surface area contributed by atoms with E-state index in [-0.39, 0.29) is 18.9 Å². The number of hydrogen-bond donors (Lipinski definition) is 0. The van der Waals surface area contributed by atoms with Crippen molar-refractivity contribution >= 4 is 29.2 Å². The molecule has 0 unspecified atom stereocenters. The van der Waals surface area contributed by atoms with E-state index in [1.54, 1.807) is 67.4 Å². The van der Waals surface area contributed by atoms with Gasteiger partial charge in [0.05, 0.1) is 30.7 Å². The molecule has 0 amide bonds. The maximum absolute atomic E-state index is 12.8. The Morgan fingerprint density at radius 3 is 2.62 bits per heavy atom. The maximum Gasteiger partial charge on any atom is 0.359 e. The number of benzene rings is 3. The molecule has 1 aliphatic heterocycles. The first-order chi connectivity index (χ1) is 17.9. The van der Waals surface area contributed by atoms with Crippen molar-refractivity contribution in [3.8, 4) is 51.6 Å². The predicted molar refractivity (Wildman–Crippen MR) is 138 cm³/mol. The van der Waals surface area contributed by atoms with E-state index in [9.17, 15) is 4.79 Å². The number of nitrogens with zero attached hydrogens (tertiary/aromatic N) is 3. The van der Waals surface area contributed by atoms with Crippen LogP contribution in [0.25, 0.3) is 28.1 Å². The first-order valence-corrected chi connectivity index (χ1v) is 12.0. The Morgan fingerprint density at radius 2 is 1.92 bits per heavy atom. The number of fused-ring (bicyclic) bond motifs is 3. The Kier molecular flexibility index (Phi) is 6.66. The molecule has 2 heterocycles. The largest absolute Gasteiger partial charge is 0.496 e. The minimum atomic E-state index is -0.562. The third kappa shape index (κ3) is 4.55. The third-order valence-electron chi connectivity index (χ3n) is 5.78. The predicted octanol–water partition coefficient (Wildman–Crippen LogP) is 6.45. The van der Waals surface area contributed by atoms with Crippen molar-refractivity contribution in [3.63, 3.8) is 0 Å². The molecule has 1 aromatic heterocycles. The van der Waals surface area contributed by atoms with E-state index in [1.807, 2.05) is 12.1 Å². The van der Waals surface area contributed by atoms with E-state index in [2.05, 4.69) is 5.10 Å². The molecule has 8 nitrogen and oxygen atoms in total. The van der Waals surface area contributed by atoms with Crippen molar-refractivity contribution in [3.05, 3.63) is 75.9 Å². The fourth-order valence-corrected chi connectivity index (χ4v) is 4.78. The molecule has 0 N–H and O–H groups in total. The van der Waals surface area contributed by atoms with Crippen LogP contribution in [0.5, 0.6) is 17.2 Å². The second kappa shape index (κ2) is 10.1. The smallest absolute Gasteiger partial charge is 0.359 e. The van der Waals surface area contributed by atoms with Crippen LogP contribution in [0.4, 0.5) is 0 Å². The number of carbonyl (C=O) groups is 1. The van der Waals surface area contributed by atoms with Gasteiger partial charge in [-0.15, -0.1) is 5.26 Å². The lowest BCUT2D eigenvalue weighted by Crippen LogP contribution is -2.12. The SMILES string of the molecule is CCOC(=O)c1nn(-c2cc(Cl)cc(Cl)c2)c2c1COc1cc(OC)c(-c3cccc(OC#N)c3)cc1-2. The highest BCUT2D eigenvalue weighted by Crippen LogP contribution is 2.46. The van der Waals surface area contributed by atoms with Crippen molar-refractivity contribution in [2.75, 3.05) is 13.7 Å². The summed E-state index contributed by atoms with van der Waals surface area (Å²) in [6.07, 6.45) is 1.68. The van der Waals surface area contributed by atoms with Crippen molar-refractivity contribution in [2.24, 2.45) is 0 Å². The van der Waals surface area contributed by atoms with E-state index < -0.39 is 5.97 Å². The van der Waals surface area contributed by atoms with Crippen LogP contribution in [0.15, 0.2) is 54.6 Å². The number of esters is 1. The molecule has 0 spiro atoms. The number of nitriles is 1. The van der Waals surface area contributed by atoms with Gasteiger partial charge in [0.2, 0.25) is 0 Å². The molecule has 4 aromatic rings. The monoisotopic (exact) mass is 535 g/mol. The molecule has 37 heavy (non-hydrogen) atoms. The van der Waals surface area contributed by atoms with Crippen LogP contribution in [-0.2, 0) is 11.3 Å². The summed E-state index contributed by atoms with van der Waals surface area (Å²) < 4.78 is 23.6.